The second kappa shape index (κ2) is 7.44. The fourth-order valence-corrected chi connectivity index (χ4v) is 4.27. The molecule has 0 spiro atoms. The van der Waals surface area contributed by atoms with Gasteiger partial charge in [-0.15, -0.1) is 0 Å². The molecule has 3 atom stereocenters. The van der Waals surface area contributed by atoms with Gasteiger partial charge < -0.3 is 5.73 Å². The lowest BCUT2D eigenvalue weighted by Crippen LogP contribution is -2.39. The van der Waals surface area contributed by atoms with E-state index in [9.17, 15) is 4.21 Å². The van der Waals surface area contributed by atoms with Crippen molar-refractivity contribution in [3.05, 3.63) is 0 Å². The van der Waals surface area contributed by atoms with Gasteiger partial charge in [-0.05, 0) is 25.2 Å². The van der Waals surface area contributed by atoms with Gasteiger partial charge in [0.15, 0.2) is 0 Å². The van der Waals surface area contributed by atoms with Crippen molar-refractivity contribution in [3.8, 4) is 0 Å². The average Bonchev–Trinajstić information content (AvgIpc) is 2.20. The van der Waals surface area contributed by atoms with E-state index in [0.29, 0.717) is 5.92 Å². The van der Waals surface area contributed by atoms with E-state index in [1.54, 1.807) is 0 Å². The molecule has 0 heterocycles. The Morgan fingerprint density at radius 1 is 1.19 bits per heavy atom. The maximum absolute atomic E-state index is 12.2. The molecule has 0 aromatic carbocycles. The molecule has 96 valence electrons. The predicted octanol–water partition coefficient (Wildman–Crippen LogP) is 2.83. The van der Waals surface area contributed by atoms with Crippen LogP contribution in [0.3, 0.4) is 0 Å². The van der Waals surface area contributed by atoms with Gasteiger partial charge in [-0.2, -0.15) is 0 Å². The topological polar surface area (TPSA) is 43.1 Å². The van der Waals surface area contributed by atoms with E-state index in [0.717, 1.165) is 25.0 Å². The van der Waals surface area contributed by atoms with Gasteiger partial charge in [0.2, 0.25) is 0 Å². The molecule has 1 rings (SSSR count). The van der Waals surface area contributed by atoms with Crippen molar-refractivity contribution in [1.29, 1.82) is 0 Å². The van der Waals surface area contributed by atoms with Gasteiger partial charge in [-0.1, -0.05) is 39.5 Å². The highest BCUT2D eigenvalue weighted by Gasteiger charge is 2.24. The molecule has 16 heavy (non-hydrogen) atoms. The smallest absolute Gasteiger partial charge is 0.0499 e. The van der Waals surface area contributed by atoms with Gasteiger partial charge in [0, 0.05) is 27.8 Å². The summed E-state index contributed by atoms with van der Waals surface area (Å²) >= 11 is 0. The van der Waals surface area contributed by atoms with E-state index in [1.807, 2.05) is 0 Å². The monoisotopic (exact) mass is 245 g/mol. The molecule has 0 radical (unpaired) electrons. The van der Waals surface area contributed by atoms with Crippen LogP contribution in [-0.4, -0.2) is 21.3 Å². The largest absolute Gasteiger partial charge is 0.327 e. The maximum atomic E-state index is 12.2. The second-order valence-corrected chi connectivity index (χ2v) is 7.24. The fourth-order valence-electron chi connectivity index (χ4n) is 2.31. The summed E-state index contributed by atoms with van der Waals surface area (Å²) in [6, 6.07) is 0.174. The van der Waals surface area contributed by atoms with E-state index in [1.165, 1.54) is 25.7 Å². The Balaban J connectivity index is 2.43. The Kier molecular flexibility index (Phi) is 6.59. The summed E-state index contributed by atoms with van der Waals surface area (Å²) in [6.45, 7) is 4.38. The molecule has 2 nitrogen and oxygen atoms in total. The minimum absolute atomic E-state index is 0.174. The summed E-state index contributed by atoms with van der Waals surface area (Å²) < 4.78 is 12.2. The average molecular weight is 245 g/mol. The Labute approximate surface area is 103 Å². The lowest BCUT2D eigenvalue weighted by atomic mass is 9.97. The van der Waals surface area contributed by atoms with Gasteiger partial charge in [-0.25, -0.2) is 0 Å². The van der Waals surface area contributed by atoms with Crippen LogP contribution in [-0.2, 0) is 10.8 Å². The molecule has 1 fully saturated rings. The molecule has 1 aliphatic rings. The summed E-state index contributed by atoms with van der Waals surface area (Å²) in [5, 5.41) is 0.263. The summed E-state index contributed by atoms with van der Waals surface area (Å²) in [4.78, 5) is 0. The quantitative estimate of drug-likeness (QED) is 0.827. The van der Waals surface area contributed by atoms with Crippen molar-refractivity contribution in [3.63, 3.8) is 0 Å². The standard InChI is InChI=1S/C13H27NOS/c1-11(2)9-10-16(15)13-8-6-4-3-5-7-12(13)14/h11-13H,3-10,14H2,1-2H3. The first-order valence-electron chi connectivity index (χ1n) is 6.74. The summed E-state index contributed by atoms with van der Waals surface area (Å²) in [7, 11) is -0.701. The molecule has 0 bridgehead atoms. The summed E-state index contributed by atoms with van der Waals surface area (Å²) in [6.07, 6.45) is 8.24. The molecule has 3 heteroatoms. The van der Waals surface area contributed by atoms with E-state index in [4.69, 9.17) is 5.73 Å². The van der Waals surface area contributed by atoms with Crippen molar-refractivity contribution >= 4 is 10.8 Å². The predicted molar refractivity (Wildman–Crippen MR) is 71.9 cm³/mol. The molecule has 0 amide bonds. The molecule has 3 unspecified atom stereocenters. The van der Waals surface area contributed by atoms with Crippen molar-refractivity contribution in [2.24, 2.45) is 11.7 Å². The first kappa shape index (κ1) is 14.2. The van der Waals surface area contributed by atoms with Gasteiger partial charge in [-0.3, -0.25) is 4.21 Å². The number of rotatable bonds is 4. The van der Waals surface area contributed by atoms with Crippen molar-refractivity contribution in [1.82, 2.24) is 0 Å². The second-order valence-electron chi connectivity index (χ2n) is 5.46. The Bertz CT molecular complexity index is 218. The Hall–Kier alpha value is 0.110. The van der Waals surface area contributed by atoms with Crippen molar-refractivity contribution < 1.29 is 4.21 Å². The van der Waals surface area contributed by atoms with Crippen LogP contribution in [0.15, 0.2) is 0 Å². The zero-order valence-corrected chi connectivity index (χ0v) is 11.6. The van der Waals surface area contributed by atoms with Crippen LogP contribution in [0.25, 0.3) is 0 Å². The SMILES string of the molecule is CC(C)CCS(=O)C1CCCCCCC1N. The number of nitrogens with two attached hydrogens (primary N) is 1. The van der Waals surface area contributed by atoms with E-state index in [2.05, 4.69) is 13.8 Å². The molecule has 2 N–H and O–H groups in total. The summed E-state index contributed by atoms with van der Waals surface area (Å²) in [5.41, 5.74) is 6.16. The normalized spacial score (nSPS) is 29.8. The van der Waals surface area contributed by atoms with Crippen molar-refractivity contribution in [2.75, 3.05) is 5.75 Å². The molecule has 0 saturated heterocycles. The van der Waals surface area contributed by atoms with Gasteiger partial charge in [0.05, 0.1) is 0 Å². The maximum Gasteiger partial charge on any atom is 0.0499 e. The van der Waals surface area contributed by atoms with Crippen LogP contribution in [0.5, 0.6) is 0 Å². The van der Waals surface area contributed by atoms with Crippen LogP contribution in [0.2, 0.25) is 0 Å². The minimum Gasteiger partial charge on any atom is -0.327 e. The zero-order chi connectivity index (χ0) is 12.0. The Morgan fingerprint density at radius 3 is 2.44 bits per heavy atom. The highest BCUT2D eigenvalue weighted by molar-refractivity contribution is 7.85. The Morgan fingerprint density at radius 2 is 1.81 bits per heavy atom. The third-order valence-corrected chi connectivity index (χ3v) is 5.39. The van der Waals surface area contributed by atoms with E-state index in [-0.39, 0.29) is 11.3 Å². The third kappa shape index (κ3) is 4.96. The van der Waals surface area contributed by atoms with Gasteiger partial charge in [0.1, 0.15) is 0 Å². The molecular formula is C13H27NOS. The molecular weight excluding hydrogens is 218 g/mol. The third-order valence-electron chi connectivity index (χ3n) is 3.49. The van der Waals surface area contributed by atoms with Crippen LogP contribution in [0.1, 0.15) is 58.8 Å². The van der Waals surface area contributed by atoms with Crippen LogP contribution < -0.4 is 5.73 Å². The van der Waals surface area contributed by atoms with Gasteiger partial charge in [0.25, 0.3) is 0 Å². The lowest BCUT2D eigenvalue weighted by molar-refractivity contribution is 0.455. The van der Waals surface area contributed by atoms with Crippen LogP contribution >= 0.6 is 0 Å². The molecule has 1 aliphatic carbocycles. The molecule has 0 aromatic rings. The highest BCUT2D eigenvalue weighted by Crippen LogP contribution is 2.21. The minimum atomic E-state index is -0.701. The first-order chi connectivity index (χ1) is 7.61. The van der Waals surface area contributed by atoms with E-state index >= 15 is 0 Å². The fraction of sp³-hybridized carbons (Fsp3) is 1.00. The zero-order valence-electron chi connectivity index (χ0n) is 10.8. The lowest BCUT2D eigenvalue weighted by Gasteiger charge is -2.25. The molecule has 1 saturated carbocycles. The van der Waals surface area contributed by atoms with Crippen molar-refractivity contribution in [2.45, 2.75) is 70.1 Å². The number of hydrogen-bond acceptors (Lipinski definition) is 2. The van der Waals surface area contributed by atoms with E-state index < -0.39 is 10.8 Å². The first-order valence-corrected chi connectivity index (χ1v) is 8.12. The number of hydrogen-bond donors (Lipinski definition) is 1. The highest BCUT2D eigenvalue weighted by atomic mass is 32.2. The molecule has 0 aromatic heterocycles. The molecule has 0 aliphatic heterocycles. The van der Waals surface area contributed by atoms with Crippen LogP contribution in [0, 0.1) is 5.92 Å². The van der Waals surface area contributed by atoms with Gasteiger partial charge >= 0.3 is 0 Å². The van der Waals surface area contributed by atoms with Crippen LogP contribution in [0.4, 0.5) is 0 Å². The summed E-state index contributed by atoms with van der Waals surface area (Å²) in [5.74, 6) is 1.49.